The van der Waals surface area contributed by atoms with Crippen LogP contribution in [0.5, 0.6) is 0 Å². The van der Waals surface area contributed by atoms with Crippen LogP contribution in [-0.2, 0) is 10.0 Å². The van der Waals surface area contributed by atoms with E-state index in [1.807, 2.05) is 0 Å². The normalized spacial score (nSPS) is 21.6. The molecular formula is C10H9N3O6S. The summed E-state index contributed by atoms with van der Waals surface area (Å²) in [4.78, 5) is 20.4. The van der Waals surface area contributed by atoms with E-state index in [1.54, 1.807) is 0 Å². The van der Waals surface area contributed by atoms with Gasteiger partial charge in [-0.15, -0.1) is 0 Å². The summed E-state index contributed by atoms with van der Waals surface area (Å²) in [6, 6.07) is 0.0934. The number of carbonyl (C=O) groups is 1. The molecule has 1 aliphatic rings. The number of nitro groups is 1. The fraction of sp³-hybridized carbons (Fsp3) is 0.200. The molecule has 20 heavy (non-hydrogen) atoms. The molecule has 0 amide bonds. The zero-order chi connectivity index (χ0) is 14.8. The Kier molecular flexibility index (Phi) is 3.66. The van der Waals surface area contributed by atoms with Crippen LogP contribution in [0.15, 0.2) is 34.9 Å². The first-order chi connectivity index (χ1) is 9.42. The Labute approximate surface area is 113 Å². The number of hydrogen-bond donors (Lipinski definition) is 1. The first kappa shape index (κ1) is 13.9. The van der Waals surface area contributed by atoms with Crippen LogP contribution < -0.4 is 4.72 Å². The van der Waals surface area contributed by atoms with E-state index in [2.05, 4.69) is 14.4 Å². The number of carbonyl (C=O) groups excluding carboxylic acids is 1. The second kappa shape index (κ2) is 5.25. The van der Waals surface area contributed by atoms with Crippen molar-refractivity contribution in [3.8, 4) is 0 Å². The number of aldehydes is 1. The molecular weight excluding hydrogens is 290 g/mol. The molecule has 0 radical (unpaired) electrons. The van der Waals surface area contributed by atoms with Gasteiger partial charge >= 0.3 is 0 Å². The van der Waals surface area contributed by atoms with E-state index in [0.29, 0.717) is 6.29 Å². The summed E-state index contributed by atoms with van der Waals surface area (Å²) in [5.41, 5.74) is 0. The molecule has 0 saturated heterocycles. The van der Waals surface area contributed by atoms with Crippen molar-refractivity contribution < 1.29 is 22.7 Å². The van der Waals surface area contributed by atoms with Gasteiger partial charge < -0.3 is 4.52 Å². The summed E-state index contributed by atoms with van der Waals surface area (Å²) in [6.07, 6.45) is 5.16. The molecule has 0 atom stereocenters. The van der Waals surface area contributed by atoms with Crippen LogP contribution in [0.4, 0.5) is 5.82 Å². The third-order valence-electron chi connectivity index (χ3n) is 2.49. The van der Waals surface area contributed by atoms with E-state index in [1.165, 1.54) is 24.3 Å². The van der Waals surface area contributed by atoms with Gasteiger partial charge in [0, 0.05) is 11.0 Å². The van der Waals surface area contributed by atoms with Gasteiger partial charge in [-0.25, -0.2) is 8.42 Å². The molecule has 10 heteroatoms. The molecule has 106 valence electrons. The van der Waals surface area contributed by atoms with E-state index in [-0.39, 0.29) is 11.6 Å². The molecule has 0 aromatic carbocycles. The van der Waals surface area contributed by atoms with E-state index in [0.717, 1.165) is 6.07 Å². The maximum atomic E-state index is 12.0. The first-order valence-corrected chi connectivity index (χ1v) is 6.90. The van der Waals surface area contributed by atoms with Crippen LogP contribution in [0, 0.1) is 10.1 Å². The van der Waals surface area contributed by atoms with Crippen molar-refractivity contribution in [2.45, 2.75) is 11.3 Å². The van der Waals surface area contributed by atoms with Crippen LogP contribution >= 0.6 is 0 Å². The minimum Gasteiger partial charge on any atom is -0.351 e. The van der Waals surface area contributed by atoms with Crippen molar-refractivity contribution in [2.75, 3.05) is 4.72 Å². The largest absolute Gasteiger partial charge is 0.351 e. The van der Waals surface area contributed by atoms with E-state index in [9.17, 15) is 23.3 Å². The van der Waals surface area contributed by atoms with Crippen molar-refractivity contribution in [3.63, 3.8) is 0 Å². The minimum absolute atomic E-state index is 0.120. The summed E-state index contributed by atoms with van der Waals surface area (Å²) in [5, 5.41) is 12.8. The van der Waals surface area contributed by atoms with Crippen LogP contribution in [-0.4, -0.2) is 36.1 Å². The van der Waals surface area contributed by atoms with Gasteiger partial charge in [-0.3, -0.25) is 19.6 Å². The third kappa shape index (κ3) is 2.91. The SMILES string of the molecule is O=Cc1cc(NS(=O)(=O)C2C=CC([N+](=O)[O-])C=C2)no1. The number of nitrogens with one attached hydrogen (secondary N) is 1. The van der Waals surface area contributed by atoms with Gasteiger partial charge in [0.25, 0.3) is 0 Å². The Morgan fingerprint density at radius 1 is 1.35 bits per heavy atom. The number of hydrogen-bond acceptors (Lipinski definition) is 7. The zero-order valence-electron chi connectivity index (χ0n) is 9.87. The monoisotopic (exact) mass is 299 g/mol. The third-order valence-corrected chi connectivity index (χ3v) is 4.01. The Bertz CT molecular complexity index is 676. The highest BCUT2D eigenvalue weighted by molar-refractivity contribution is 7.93. The van der Waals surface area contributed by atoms with Crippen molar-refractivity contribution in [1.29, 1.82) is 0 Å². The lowest BCUT2D eigenvalue weighted by Crippen LogP contribution is -2.28. The van der Waals surface area contributed by atoms with Crippen LogP contribution in [0.2, 0.25) is 0 Å². The van der Waals surface area contributed by atoms with Crippen molar-refractivity contribution in [2.24, 2.45) is 0 Å². The smallest absolute Gasteiger partial charge is 0.249 e. The molecule has 2 rings (SSSR count). The highest BCUT2D eigenvalue weighted by Gasteiger charge is 2.27. The second-order valence-corrected chi connectivity index (χ2v) is 5.73. The number of anilines is 1. The first-order valence-electron chi connectivity index (χ1n) is 5.36. The quantitative estimate of drug-likeness (QED) is 0.359. The lowest BCUT2D eigenvalue weighted by atomic mass is 10.1. The standard InChI is InChI=1S/C10H9N3O6S/c14-6-8-5-10(11-19-8)12-20(17,18)9-3-1-7(2-4-9)13(15)16/h1-7,9H,(H,11,12). The van der Waals surface area contributed by atoms with Gasteiger partial charge in [-0.1, -0.05) is 17.3 Å². The Hall–Kier alpha value is -2.49. The minimum atomic E-state index is -3.87. The summed E-state index contributed by atoms with van der Waals surface area (Å²) in [7, 11) is -3.87. The van der Waals surface area contributed by atoms with E-state index in [4.69, 9.17) is 0 Å². The Morgan fingerprint density at radius 3 is 2.50 bits per heavy atom. The Balaban J connectivity index is 2.12. The van der Waals surface area contributed by atoms with Gasteiger partial charge in [-0.05, 0) is 12.2 Å². The average molecular weight is 299 g/mol. The molecule has 1 aromatic heterocycles. The zero-order valence-corrected chi connectivity index (χ0v) is 10.7. The summed E-state index contributed by atoms with van der Waals surface area (Å²) in [5.74, 6) is -0.254. The van der Waals surface area contributed by atoms with Gasteiger partial charge in [0.05, 0.1) is 0 Å². The van der Waals surface area contributed by atoms with Gasteiger partial charge in [0.1, 0.15) is 5.25 Å². The highest BCUT2D eigenvalue weighted by Crippen LogP contribution is 2.16. The maximum absolute atomic E-state index is 12.0. The van der Waals surface area contributed by atoms with Gasteiger partial charge in [0.15, 0.2) is 12.1 Å². The molecule has 0 saturated carbocycles. The van der Waals surface area contributed by atoms with Crippen molar-refractivity contribution >= 4 is 22.1 Å². The van der Waals surface area contributed by atoms with E-state index >= 15 is 0 Å². The number of sulfonamides is 1. The molecule has 0 spiro atoms. The lowest BCUT2D eigenvalue weighted by Gasteiger charge is -2.13. The predicted molar refractivity (Wildman–Crippen MR) is 67.3 cm³/mol. The average Bonchev–Trinajstić information content (AvgIpc) is 2.85. The Morgan fingerprint density at radius 2 is 2.00 bits per heavy atom. The highest BCUT2D eigenvalue weighted by atomic mass is 32.2. The van der Waals surface area contributed by atoms with Gasteiger partial charge in [0.2, 0.25) is 21.8 Å². The number of rotatable bonds is 5. The van der Waals surface area contributed by atoms with Gasteiger partial charge in [-0.2, -0.15) is 0 Å². The second-order valence-electron chi connectivity index (χ2n) is 3.89. The van der Waals surface area contributed by atoms with Crippen LogP contribution in [0.3, 0.4) is 0 Å². The molecule has 1 heterocycles. The van der Waals surface area contributed by atoms with E-state index < -0.39 is 26.2 Å². The fourth-order valence-corrected chi connectivity index (χ4v) is 2.65. The summed E-state index contributed by atoms with van der Waals surface area (Å²) >= 11 is 0. The molecule has 0 bridgehead atoms. The molecule has 0 fully saturated rings. The molecule has 1 N–H and O–H groups in total. The van der Waals surface area contributed by atoms with Crippen LogP contribution in [0.1, 0.15) is 10.6 Å². The molecule has 0 aliphatic heterocycles. The fourth-order valence-electron chi connectivity index (χ4n) is 1.53. The van der Waals surface area contributed by atoms with Crippen LogP contribution in [0.25, 0.3) is 0 Å². The topological polar surface area (TPSA) is 132 Å². The molecule has 0 unspecified atom stereocenters. The van der Waals surface area contributed by atoms with Crippen molar-refractivity contribution in [3.05, 3.63) is 46.2 Å². The predicted octanol–water partition coefficient (Wildman–Crippen LogP) is 0.369. The molecule has 9 nitrogen and oxygen atoms in total. The molecule has 1 aliphatic carbocycles. The maximum Gasteiger partial charge on any atom is 0.249 e. The summed E-state index contributed by atoms with van der Waals surface area (Å²) < 4.78 is 30.6. The summed E-state index contributed by atoms with van der Waals surface area (Å²) in [6.45, 7) is 0. The lowest BCUT2D eigenvalue weighted by molar-refractivity contribution is -0.496. The number of nitrogens with zero attached hydrogens (tertiary/aromatic N) is 2. The molecule has 1 aromatic rings. The number of aromatic nitrogens is 1. The van der Waals surface area contributed by atoms with Crippen molar-refractivity contribution in [1.82, 2.24) is 5.16 Å².